The standard InChI is InChI=1S/C24H26FNO/c1-19(25)24(27)23(22-15-9-4-10-16-22)26(17-20-11-5-2-6-12-20)18-21-13-7-3-8-14-21/h2-16,19,23-24,27H,17-18H2,1H3/t19-,23-,24-/m0/s1. The summed E-state index contributed by atoms with van der Waals surface area (Å²) in [6.07, 6.45) is -2.44. The maximum atomic E-state index is 14.2. The minimum atomic E-state index is -1.33. The normalized spacial score (nSPS) is 14.7. The Balaban J connectivity index is 1.98. The average molecular weight is 363 g/mol. The van der Waals surface area contributed by atoms with Gasteiger partial charge in [-0.2, -0.15) is 0 Å². The molecule has 3 aromatic rings. The third-order valence-corrected chi connectivity index (χ3v) is 4.79. The Labute approximate surface area is 160 Å². The highest BCUT2D eigenvalue weighted by Gasteiger charge is 2.31. The molecular weight excluding hydrogens is 337 g/mol. The van der Waals surface area contributed by atoms with Crippen LogP contribution < -0.4 is 0 Å². The summed E-state index contributed by atoms with van der Waals surface area (Å²) in [6, 6.07) is 29.5. The van der Waals surface area contributed by atoms with Crippen LogP contribution in [-0.4, -0.2) is 22.3 Å². The predicted octanol–water partition coefficient (Wildman–Crippen LogP) is 5.15. The van der Waals surface area contributed by atoms with Gasteiger partial charge < -0.3 is 5.11 Å². The molecule has 0 aliphatic carbocycles. The molecule has 0 aliphatic rings. The van der Waals surface area contributed by atoms with Crippen LogP contribution in [0.2, 0.25) is 0 Å². The van der Waals surface area contributed by atoms with Crippen molar-refractivity contribution < 1.29 is 9.50 Å². The van der Waals surface area contributed by atoms with E-state index >= 15 is 0 Å². The van der Waals surface area contributed by atoms with Crippen molar-refractivity contribution >= 4 is 0 Å². The summed E-state index contributed by atoms with van der Waals surface area (Å²) in [7, 11) is 0. The molecule has 3 heteroatoms. The van der Waals surface area contributed by atoms with E-state index in [1.807, 2.05) is 66.7 Å². The van der Waals surface area contributed by atoms with Crippen molar-refractivity contribution in [2.75, 3.05) is 0 Å². The van der Waals surface area contributed by atoms with Gasteiger partial charge in [0.05, 0.1) is 6.04 Å². The van der Waals surface area contributed by atoms with E-state index in [-0.39, 0.29) is 0 Å². The third kappa shape index (κ3) is 5.25. The van der Waals surface area contributed by atoms with Gasteiger partial charge in [0, 0.05) is 13.1 Å². The van der Waals surface area contributed by atoms with Crippen molar-refractivity contribution in [2.24, 2.45) is 0 Å². The Morgan fingerprint density at radius 1 is 0.741 bits per heavy atom. The van der Waals surface area contributed by atoms with Gasteiger partial charge in [-0.25, -0.2) is 4.39 Å². The lowest BCUT2D eigenvalue weighted by atomic mass is 9.95. The van der Waals surface area contributed by atoms with Crippen molar-refractivity contribution in [1.29, 1.82) is 0 Å². The Morgan fingerprint density at radius 3 is 1.56 bits per heavy atom. The molecule has 3 atom stereocenters. The quantitative estimate of drug-likeness (QED) is 0.598. The largest absolute Gasteiger partial charge is 0.388 e. The molecular formula is C24H26FNO. The molecule has 1 N–H and O–H groups in total. The van der Waals surface area contributed by atoms with Gasteiger partial charge in [0.15, 0.2) is 0 Å². The Bertz CT molecular complexity index is 751. The number of rotatable bonds is 8. The zero-order chi connectivity index (χ0) is 19.1. The molecule has 0 spiro atoms. The molecule has 0 fully saturated rings. The van der Waals surface area contributed by atoms with E-state index in [9.17, 15) is 9.50 Å². The first-order valence-corrected chi connectivity index (χ1v) is 9.34. The molecule has 0 radical (unpaired) electrons. The van der Waals surface area contributed by atoms with E-state index in [0.717, 1.165) is 16.7 Å². The number of aliphatic hydroxyl groups excluding tert-OH is 1. The molecule has 0 heterocycles. The minimum Gasteiger partial charge on any atom is -0.388 e. The summed E-state index contributed by atoms with van der Waals surface area (Å²) in [5.41, 5.74) is 3.18. The maximum absolute atomic E-state index is 14.2. The summed E-state index contributed by atoms with van der Waals surface area (Å²) < 4.78 is 14.2. The van der Waals surface area contributed by atoms with Crippen LogP contribution in [0.1, 0.15) is 29.7 Å². The number of halogens is 1. The van der Waals surface area contributed by atoms with Crippen LogP contribution in [-0.2, 0) is 13.1 Å². The number of benzene rings is 3. The first-order valence-electron chi connectivity index (χ1n) is 9.34. The van der Waals surface area contributed by atoms with Gasteiger partial charge in [-0.05, 0) is 23.6 Å². The van der Waals surface area contributed by atoms with E-state index in [2.05, 4.69) is 29.2 Å². The van der Waals surface area contributed by atoms with Gasteiger partial charge in [0.1, 0.15) is 12.3 Å². The van der Waals surface area contributed by atoms with Crippen LogP contribution in [0, 0.1) is 0 Å². The van der Waals surface area contributed by atoms with Crippen LogP contribution in [0.4, 0.5) is 4.39 Å². The SMILES string of the molecule is C[C@H](F)[C@H](O)[C@H](c1ccccc1)N(Cc1ccccc1)Cc1ccccc1. The van der Waals surface area contributed by atoms with Crippen LogP contribution in [0.5, 0.6) is 0 Å². The van der Waals surface area contributed by atoms with Crippen LogP contribution in [0.15, 0.2) is 91.0 Å². The molecule has 27 heavy (non-hydrogen) atoms. The summed E-state index contributed by atoms with van der Waals surface area (Å²) in [4.78, 5) is 2.15. The summed E-state index contributed by atoms with van der Waals surface area (Å²) in [5.74, 6) is 0. The second kappa shape index (κ2) is 9.45. The van der Waals surface area contributed by atoms with Crippen molar-refractivity contribution in [1.82, 2.24) is 4.90 Å². The Hall–Kier alpha value is -2.49. The van der Waals surface area contributed by atoms with E-state index in [1.165, 1.54) is 6.92 Å². The van der Waals surface area contributed by atoms with Gasteiger partial charge in [0.25, 0.3) is 0 Å². The fraction of sp³-hybridized carbons (Fsp3) is 0.250. The lowest BCUT2D eigenvalue weighted by Crippen LogP contribution is -2.39. The first-order chi connectivity index (χ1) is 13.1. The molecule has 3 rings (SSSR count). The van der Waals surface area contributed by atoms with E-state index in [0.29, 0.717) is 13.1 Å². The monoisotopic (exact) mass is 363 g/mol. The summed E-state index contributed by atoms with van der Waals surface area (Å²) in [6.45, 7) is 2.67. The van der Waals surface area contributed by atoms with Gasteiger partial charge in [-0.15, -0.1) is 0 Å². The first kappa shape index (κ1) is 19.3. The van der Waals surface area contributed by atoms with Gasteiger partial charge in [-0.1, -0.05) is 91.0 Å². The molecule has 0 amide bonds. The zero-order valence-corrected chi connectivity index (χ0v) is 15.6. The highest BCUT2D eigenvalue weighted by atomic mass is 19.1. The Morgan fingerprint density at radius 2 is 1.15 bits per heavy atom. The van der Waals surface area contributed by atoms with Crippen LogP contribution >= 0.6 is 0 Å². The zero-order valence-electron chi connectivity index (χ0n) is 15.6. The lowest BCUT2D eigenvalue weighted by molar-refractivity contribution is -0.00660. The van der Waals surface area contributed by atoms with E-state index in [1.54, 1.807) is 0 Å². The molecule has 0 saturated carbocycles. The third-order valence-electron chi connectivity index (χ3n) is 4.79. The highest BCUT2D eigenvalue weighted by Crippen LogP contribution is 2.30. The average Bonchev–Trinajstić information content (AvgIpc) is 2.70. The predicted molar refractivity (Wildman–Crippen MR) is 108 cm³/mol. The second-order valence-corrected chi connectivity index (χ2v) is 6.90. The topological polar surface area (TPSA) is 23.5 Å². The van der Waals surface area contributed by atoms with Gasteiger partial charge in [-0.3, -0.25) is 4.90 Å². The summed E-state index contributed by atoms with van der Waals surface area (Å²) in [5, 5.41) is 10.7. The molecule has 0 bridgehead atoms. The van der Waals surface area contributed by atoms with E-state index < -0.39 is 18.3 Å². The minimum absolute atomic E-state index is 0.438. The van der Waals surface area contributed by atoms with Gasteiger partial charge >= 0.3 is 0 Å². The molecule has 0 unspecified atom stereocenters. The van der Waals surface area contributed by atoms with Crippen LogP contribution in [0.25, 0.3) is 0 Å². The fourth-order valence-corrected chi connectivity index (χ4v) is 3.41. The maximum Gasteiger partial charge on any atom is 0.125 e. The summed E-state index contributed by atoms with van der Waals surface area (Å²) >= 11 is 0. The second-order valence-electron chi connectivity index (χ2n) is 6.90. The number of hydrogen-bond donors (Lipinski definition) is 1. The van der Waals surface area contributed by atoms with Crippen molar-refractivity contribution in [2.45, 2.75) is 38.3 Å². The number of aliphatic hydroxyl groups is 1. The van der Waals surface area contributed by atoms with Crippen LogP contribution in [0.3, 0.4) is 0 Å². The van der Waals surface area contributed by atoms with Crippen molar-refractivity contribution in [3.8, 4) is 0 Å². The number of hydrogen-bond acceptors (Lipinski definition) is 2. The molecule has 0 aliphatic heterocycles. The molecule has 0 aromatic heterocycles. The van der Waals surface area contributed by atoms with Crippen molar-refractivity contribution in [3.05, 3.63) is 108 Å². The van der Waals surface area contributed by atoms with E-state index in [4.69, 9.17) is 0 Å². The number of nitrogens with zero attached hydrogens (tertiary/aromatic N) is 1. The smallest absolute Gasteiger partial charge is 0.125 e. The van der Waals surface area contributed by atoms with Crippen molar-refractivity contribution in [3.63, 3.8) is 0 Å². The molecule has 140 valence electrons. The fourth-order valence-electron chi connectivity index (χ4n) is 3.41. The Kier molecular flexibility index (Phi) is 6.74. The molecule has 0 saturated heterocycles. The number of alkyl halides is 1. The lowest BCUT2D eigenvalue weighted by Gasteiger charge is -2.36. The highest BCUT2D eigenvalue weighted by molar-refractivity contribution is 5.23. The molecule has 2 nitrogen and oxygen atoms in total. The van der Waals surface area contributed by atoms with Gasteiger partial charge in [0.2, 0.25) is 0 Å². The molecule has 3 aromatic carbocycles.